The fourth-order valence-corrected chi connectivity index (χ4v) is 2.96. The van der Waals surface area contributed by atoms with Crippen LogP contribution in [0.15, 0.2) is 12.4 Å². The summed E-state index contributed by atoms with van der Waals surface area (Å²) in [5.74, 6) is 0.122. The number of aromatic nitrogens is 2. The minimum atomic E-state index is -0.136. The average Bonchev–Trinajstić information content (AvgIpc) is 3.06. The van der Waals surface area contributed by atoms with Gasteiger partial charge in [-0.05, 0) is 46.2 Å². The highest BCUT2D eigenvalue weighted by atomic mass is 16.2. The molecule has 2 rings (SSSR count). The number of aryl methyl sites for hydroxylation is 1. The number of likely N-dealkylation sites (tertiary alicyclic amines) is 1. The average molecular weight is 335 g/mol. The van der Waals surface area contributed by atoms with Crippen LogP contribution in [0, 0.1) is 5.92 Å². The van der Waals surface area contributed by atoms with Crippen LogP contribution in [0.25, 0.3) is 0 Å². The molecule has 0 unspecified atom stereocenters. The Balaban J connectivity index is 1.79. The summed E-state index contributed by atoms with van der Waals surface area (Å²) in [4.78, 5) is 26.6. The first-order valence-corrected chi connectivity index (χ1v) is 8.90. The zero-order valence-corrected chi connectivity index (χ0v) is 14.9. The zero-order valence-electron chi connectivity index (χ0n) is 14.9. The van der Waals surface area contributed by atoms with Crippen molar-refractivity contribution in [1.29, 1.82) is 0 Å². The molecule has 134 valence electrons. The third-order valence-electron chi connectivity index (χ3n) is 4.60. The number of hydrogen-bond acceptors (Lipinski definition) is 4. The molecule has 7 nitrogen and oxygen atoms in total. The van der Waals surface area contributed by atoms with Gasteiger partial charge < -0.3 is 10.6 Å². The molecule has 1 saturated heterocycles. The van der Waals surface area contributed by atoms with Gasteiger partial charge in [0.2, 0.25) is 11.8 Å². The minimum Gasteiger partial charge on any atom is -0.355 e. The predicted molar refractivity (Wildman–Crippen MR) is 93.6 cm³/mol. The number of carbonyl (C=O) groups excluding carboxylic acids is 2. The molecule has 1 fully saturated rings. The molecule has 1 atom stereocenters. The monoisotopic (exact) mass is 335 g/mol. The topological polar surface area (TPSA) is 79.3 Å². The largest absolute Gasteiger partial charge is 0.355 e. The van der Waals surface area contributed by atoms with Crippen molar-refractivity contribution >= 4 is 17.5 Å². The molecule has 2 amide bonds. The minimum absolute atomic E-state index is 0.00266. The van der Waals surface area contributed by atoms with E-state index < -0.39 is 0 Å². The van der Waals surface area contributed by atoms with Crippen molar-refractivity contribution in [2.24, 2.45) is 5.92 Å². The van der Waals surface area contributed by atoms with Crippen molar-refractivity contribution in [3.8, 4) is 0 Å². The molecule has 1 aliphatic heterocycles. The number of rotatable bonds is 7. The van der Waals surface area contributed by atoms with Gasteiger partial charge in [0.1, 0.15) is 0 Å². The number of nitrogens with zero attached hydrogens (tertiary/aromatic N) is 3. The van der Waals surface area contributed by atoms with Crippen molar-refractivity contribution in [3.05, 3.63) is 12.4 Å². The molecule has 24 heavy (non-hydrogen) atoms. The molecule has 1 aromatic heterocycles. The lowest BCUT2D eigenvalue weighted by atomic mass is 9.95. The van der Waals surface area contributed by atoms with E-state index in [9.17, 15) is 9.59 Å². The Kier molecular flexibility index (Phi) is 6.78. The van der Waals surface area contributed by atoms with E-state index in [1.807, 2.05) is 27.0 Å². The second kappa shape index (κ2) is 8.82. The van der Waals surface area contributed by atoms with Crippen LogP contribution in [0.5, 0.6) is 0 Å². The molecular weight excluding hydrogens is 306 g/mol. The quantitative estimate of drug-likeness (QED) is 0.791. The number of nitrogens with one attached hydrogen (secondary N) is 2. The van der Waals surface area contributed by atoms with Crippen molar-refractivity contribution in [2.75, 3.05) is 25.0 Å². The predicted octanol–water partition coefficient (Wildman–Crippen LogP) is 1.47. The lowest BCUT2D eigenvalue weighted by Gasteiger charge is -2.34. The number of anilines is 1. The number of piperidine rings is 1. The highest BCUT2D eigenvalue weighted by Gasteiger charge is 2.29. The van der Waals surface area contributed by atoms with Crippen LogP contribution in [0.3, 0.4) is 0 Å². The van der Waals surface area contributed by atoms with Crippen LogP contribution in [0.1, 0.15) is 40.0 Å². The van der Waals surface area contributed by atoms with Crippen LogP contribution in [0.2, 0.25) is 0 Å². The van der Waals surface area contributed by atoms with Crippen LogP contribution < -0.4 is 10.6 Å². The second-order valence-corrected chi connectivity index (χ2v) is 6.35. The molecule has 0 aliphatic carbocycles. The number of hydrogen-bond donors (Lipinski definition) is 2. The number of carbonyl (C=O) groups is 2. The van der Waals surface area contributed by atoms with E-state index in [0.717, 1.165) is 44.6 Å². The molecule has 0 bridgehead atoms. The summed E-state index contributed by atoms with van der Waals surface area (Å²) >= 11 is 0. The standard InChI is InChI=1S/C17H29N5O2/c1-4-8-18-16(23)13(3)21-9-6-14(7-10-21)17(24)20-15-11-19-22(5-2)12-15/h11-14H,4-10H2,1-3H3,(H,18,23)(H,20,24)/t13-/m1/s1. The first-order valence-electron chi connectivity index (χ1n) is 8.90. The molecule has 0 radical (unpaired) electrons. The summed E-state index contributed by atoms with van der Waals surface area (Å²) in [5.41, 5.74) is 0.747. The molecule has 7 heteroatoms. The van der Waals surface area contributed by atoms with Gasteiger partial charge in [0.05, 0.1) is 17.9 Å². The third-order valence-corrected chi connectivity index (χ3v) is 4.60. The highest BCUT2D eigenvalue weighted by Crippen LogP contribution is 2.21. The van der Waals surface area contributed by atoms with Crippen LogP contribution in [-0.4, -0.2) is 52.2 Å². The molecule has 2 heterocycles. The van der Waals surface area contributed by atoms with E-state index in [1.165, 1.54) is 0 Å². The Morgan fingerprint density at radius 3 is 2.62 bits per heavy atom. The fraction of sp³-hybridized carbons (Fsp3) is 0.706. The summed E-state index contributed by atoms with van der Waals surface area (Å²) in [7, 11) is 0. The maximum atomic E-state index is 12.4. The maximum Gasteiger partial charge on any atom is 0.237 e. The maximum absolute atomic E-state index is 12.4. The van der Waals surface area contributed by atoms with Crippen LogP contribution >= 0.6 is 0 Å². The lowest BCUT2D eigenvalue weighted by molar-refractivity contribution is -0.127. The van der Waals surface area contributed by atoms with Crippen molar-refractivity contribution in [2.45, 2.75) is 52.6 Å². The first kappa shape index (κ1) is 18.4. The Labute approximate surface area is 143 Å². The molecular formula is C17H29N5O2. The zero-order chi connectivity index (χ0) is 17.5. The van der Waals surface area contributed by atoms with Crippen molar-refractivity contribution in [3.63, 3.8) is 0 Å². The van der Waals surface area contributed by atoms with Gasteiger partial charge in [-0.15, -0.1) is 0 Å². The SMILES string of the molecule is CCCNC(=O)[C@@H](C)N1CCC(C(=O)Nc2cnn(CC)c2)CC1. The Morgan fingerprint density at radius 2 is 2.04 bits per heavy atom. The van der Waals surface area contributed by atoms with Gasteiger partial charge in [0.25, 0.3) is 0 Å². The van der Waals surface area contributed by atoms with Crippen LogP contribution in [0.4, 0.5) is 5.69 Å². The first-order chi connectivity index (χ1) is 11.5. The van der Waals surface area contributed by atoms with E-state index in [1.54, 1.807) is 10.9 Å². The van der Waals surface area contributed by atoms with Gasteiger partial charge in [-0.25, -0.2) is 0 Å². The van der Waals surface area contributed by atoms with E-state index in [-0.39, 0.29) is 23.8 Å². The summed E-state index contributed by atoms with van der Waals surface area (Å²) in [6.07, 6.45) is 6.01. The molecule has 0 aromatic carbocycles. The molecule has 1 aromatic rings. The molecule has 1 aliphatic rings. The van der Waals surface area contributed by atoms with Gasteiger partial charge in [-0.3, -0.25) is 19.2 Å². The molecule has 0 saturated carbocycles. The summed E-state index contributed by atoms with van der Waals surface area (Å²) in [6.45, 7) is 9.02. The second-order valence-electron chi connectivity index (χ2n) is 6.35. The third kappa shape index (κ3) is 4.80. The van der Waals surface area contributed by atoms with Gasteiger partial charge >= 0.3 is 0 Å². The summed E-state index contributed by atoms with van der Waals surface area (Å²) in [5, 5.41) is 10.0. The van der Waals surface area contributed by atoms with E-state index in [4.69, 9.17) is 0 Å². The fourth-order valence-electron chi connectivity index (χ4n) is 2.96. The van der Waals surface area contributed by atoms with Gasteiger partial charge in [-0.1, -0.05) is 6.92 Å². The lowest BCUT2D eigenvalue weighted by Crippen LogP contribution is -2.49. The Morgan fingerprint density at radius 1 is 1.33 bits per heavy atom. The van der Waals surface area contributed by atoms with E-state index >= 15 is 0 Å². The van der Waals surface area contributed by atoms with E-state index in [2.05, 4.69) is 20.6 Å². The van der Waals surface area contributed by atoms with Crippen LogP contribution in [-0.2, 0) is 16.1 Å². The van der Waals surface area contributed by atoms with E-state index in [0.29, 0.717) is 6.54 Å². The Hall–Kier alpha value is -1.89. The number of amides is 2. The summed E-state index contributed by atoms with van der Waals surface area (Å²) < 4.78 is 1.79. The molecule has 2 N–H and O–H groups in total. The summed E-state index contributed by atoms with van der Waals surface area (Å²) in [6, 6.07) is -0.136. The van der Waals surface area contributed by atoms with Crippen molar-refractivity contribution < 1.29 is 9.59 Å². The molecule has 0 spiro atoms. The smallest absolute Gasteiger partial charge is 0.237 e. The van der Waals surface area contributed by atoms with Gasteiger partial charge in [0, 0.05) is 25.2 Å². The normalized spacial score (nSPS) is 17.5. The Bertz CT molecular complexity index is 549. The van der Waals surface area contributed by atoms with Crippen molar-refractivity contribution in [1.82, 2.24) is 20.0 Å². The van der Waals surface area contributed by atoms with Gasteiger partial charge in [-0.2, -0.15) is 5.10 Å². The highest BCUT2D eigenvalue weighted by molar-refractivity contribution is 5.92. The van der Waals surface area contributed by atoms with Gasteiger partial charge in [0.15, 0.2) is 0 Å².